The summed E-state index contributed by atoms with van der Waals surface area (Å²) < 4.78 is 5.26. The number of benzene rings is 1. The van der Waals surface area contributed by atoms with Crippen molar-refractivity contribution in [3.63, 3.8) is 0 Å². The number of rotatable bonds is 5. The topological polar surface area (TPSA) is 48.8 Å². The van der Waals surface area contributed by atoms with Crippen LogP contribution in [0.4, 0.5) is 0 Å². The molecule has 0 spiro atoms. The second-order valence-electron chi connectivity index (χ2n) is 7.71. The van der Waals surface area contributed by atoms with Gasteiger partial charge in [0.05, 0.1) is 18.8 Å². The Labute approximate surface area is 161 Å². The predicted molar refractivity (Wildman–Crippen MR) is 106 cm³/mol. The van der Waals surface area contributed by atoms with Gasteiger partial charge < -0.3 is 9.84 Å². The standard InChI is InChI=1S/C22H29N3O2/c1-27-21-11-7-10-19(23-21)16-24-15-12-22(26,18-8-3-2-4-9-18)20(17-24)25-13-5-6-14-25/h2-4,7-11,20,26H,5-6,12-17H2,1H3/t20-,22+/m1/s1. The Kier molecular flexibility index (Phi) is 5.43. The van der Waals surface area contributed by atoms with Crippen LogP contribution in [0.3, 0.4) is 0 Å². The van der Waals surface area contributed by atoms with E-state index in [-0.39, 0.29) is 6.04 Å². The number of aliphatic hydroxyl groups is 1. The van der Waals surface area contributed by atoms with Crippen molar-refractivity contribution >= 4 is 0 Å². The highest BCUT2D eigenvalue weighted by atomic mass is 16.5. The van der Waals surface area contributed by atoms with Gasteiger partial charge in [0.1, 0.15) is 5.60 Å². The van der Waals surface area contributed by atoms with Gasteiger partial charge in [-0.15, -0.1) is 0 Å². The minimum absolute atomic E-state index is 0.113. The van der Waals surface area contributed by atoms with Crippen molar-refractivity contribution in [2.45, 2.75) is 37.5 Å². The third-order valence-electron chi connectivity index (χ3n) is 6.02. The van der Waals surface area contributed by atoms with E-state index < -0.39 is 5.60 Å². The molecule has 0 saturated carbocycles. The van der Waals surface area contributed by atoms with Gasteiger partial charge in [0.15, 0.2) is 0 Å². The number of aromatic nitrogens is 1. The van der Waals surface area contributed by atoms with Gasteiger partial charge in [-0.2, -0.15) is 0 Å². The van der Waals surface area contributed by atoms with Crippen LogP contribution in [0.15, 0.2) is 48.5 Å². The van der Waals surface area contributed by atoms with Crippen molar-refractivity contribution in [2.75, 3.05) is 33.3 Å². The maximum atomic E-state index is 11.7. The van der Waals surface area contributed by atoms with E-state index in [2.05, 4.69) is 26.9 Å². The first-order valence-corrected chi connectivity index (χ1v) is 9.93. The lowest BCUT2D eigenvalue weighted by Gasteiger charge is -2.48. The molecule has 2 aliphatic heterocycles. The zero-order chi connectivity index (χ0) is 18.7. The van der Waals surface area contributed by atoms with Crippen LogP contribution in [0, 0.1) is 0 Å². The third kappa shape index (κ3) is 3.86. The van der Waals surface area contributed by atoms with Crippen molar-refractivity contribution in [3.8, 4) is 5.88 Å². The van der Waals surface area contributed by atoms with Gasteiger partial charge in [-0.1, -0.05) is 36.4 Å². The second-order valence-corrected chi connectivity index (χ2v) is 7.71. The molecule has 1 aromatic carbocycles. The fourth-order valence-corrected chi connectivity index (χ4v) is 4.55. The van der Waals surface area contributed by atoms with E-state index in [0.29, 0.717) is 5.88 Å². The summed E-state index contributed by atoms with van der Waals surface area (Å²) in [5.74, 6) is 0.654. The van der Waals surface area contributed by atoms with Gasteiger partial charge in [0.2, 0.25) is 5.88 Å². The molecule has 2 atom stereocenters. The summed E-state index contributed by atoms with van der Waals surface area (Å²) >= 11 is 0. The van der Waals surface area contributed by atoms with Crippen LogP contribution in [0.5, 0.6) is 5.88 Å². The summed E-state index contributed by atoms with van der Waals surface area (Å²) in [5.41, 5.74) is 1.27. The highest BCUT2D eigenvalue weighted by Crippen LogP contribution is 2.37. The lowest BCUT2D eigenvalue weighted by Crippen LogP contribution is -2.60. The first-order chi connectivity index (χ1) is 13.2. The molecule has 3 heterocycles. The molecule has 27 heavy (non-hydrogen) atoms. The number of nitrogens with zero attached hydrogens (tertiary/aromatic N) is 3. The highest BCUT2D eigenvalue weighted by molar-refractivity contribution is 5.26. The lowest BCUT2D eigenvalue weighted by atomic mass is 9.79. The van der Waals surface area contributed by atoms with Gasteiger partial charge in [0, 0.05) is 25.7 Å². The highest BCUT2D eigenvalue weighted by Gasteiger charge is 2.46. The van der Waals surface area contributed by atoms with Crippen LogP contribution in [-0.2, 0) is 12.1 Å². The monoisotopic (exact) mass is 367 g/mol. The van der Waals surface area contributed by atoms with Crippen molar-refractivity contribution in [2.24, 2.45) is 0 Å². The number of piperidine rings is 1. The molecule has 2 aromatic rings. The minimum Gasteiger partial charge on any atom is -0.481 e. The fourth-order valence-electron chi connectivity index (χ4n) is 4.55. The number of pyridine rings is 1. The Balaban J connectivity index is 1.55. The van der Waals surface area contributed by atoms with E-state index in [1.807, 2.05) is 36.4 Å². The molecule has 5 nitrogen and oxygen atoms in total. The zero-order valence-corrected chi connectivity index (χ0v) is 16.1. The van der Waals surface area contributed by atoms with E-state index in [0.717, 1.165) is 50.4 Å². The summed E-state index contributed by atoms with van der Waals surface area (Å²) in [6.45, 7) is 4.64. The van der Waals surface area contributed by atoms with Gasteiger partial charge in [-0.05, 0) is 44.0 Å². The maximum Gasteiger partial charge on any atom is 0.213 e. The molecule has 0 unspecified atom stereocenters. The molecule has 144 valence electrons. The minimum atomic E-state index is -0.788. The van der Waals surface area contributed by atoms with Crippen molar-refractivity contribution in [1.82, 2.24) is 14.8 Å². The Bertz CT molecular complexity index is 748. The van der Waals surface area contributed by atoms with Crippen LogP contribution >= 0.6 is 0 Å². The molecule has 4 rings (SSSR count). The third-order valence-corrected chi connectivity index (χ3v) is 6.02. The van der Waals surface area contributed by atoms with E-state index in [1.54, 1.807) is 7.11 Å². The molecular weight excluding hydrogens is 338 g/mol. The number of methoxy groups -OCH3 is 1. The van der Waals surface area contributed by atoms with E-state index in [4.69, 9.17) is 4.74 Å². The number of likely N-dealkylation sites (tertiary alicyclic amines) is 2. The second kappa shape index (κ2) is 7.97. The molecule has 2 saturated heterocycles. The first-order valence-electron chi connectivity index (χ1n) is 9.93. The van der Waals surface area contributed by atoms with Gasteiger partial charge >= 0.3 is 0 Å². The van der Waals surface area contributed by atoms with Gasteiger partial charge in [-0.25, -0.2) is 4.98 Å². The van der Waals surface area contributed by atoms with Crippen molar-refractivity contribution in [3.05, 3.63) is 59.8 Å². The van der Waals surface area contributed by atoms with E-state index in [9.17, 15) is 5.11 Å². The van der Waals surface area contributed by atoms with Crippen LogP contribution < -0.4 is 4.74 Å². The summed E-state index contributed by atoms with van der Waals surface area (Å²) in [4.78, 5) is 9.47. The van der Waals surface area contributed by atoms with E-state index in [1.165, 1.54) is 12.8 Å². The van der Waals surface area contributed by atoms with Crippen LogP contribution in [0.1, 0.15) is 30.5 Å². The largest absolute Gasteiger partial charge is 0.481 e. The summed E-state index contributed by atoms with van der Waals surface area (Å²) in [6.07, 6.45) is 3.18. The number of hydrogen-bond donors (Lipinski definition) is 1. The molecule has 0 amide bonds. The molecule has 0 radical (unpaired) electrons. The summed E-state index contributed by atoms with van der Waals surface area (Å²) in [7, 11) is 1.65. The van der Waals surface area contributed by atoms with Crippen LogP contribution in [0.2, 0.25) is 0 Å². The molecule has 1 aromatic heterocycles. The average molecular weight is 367 g/mol. The Hall–Kier alpha value is -1.95. The lowest BCUT2D eigenvalue weighted by molar-refractivity contribution is -0.0961. The predicted octanol–water partition coefficient (Wildman–Crippen LogP) is 2.65. The van der Waals surface area contributed by atoms with Crippen LogP contribution in [0.25, 0.3) is 0 Å². The normalized spacial score (nSPS) is 27.0. The van der Waals surface area contributed by atoms with Crippen molar-refractivity contribution < 1.29 is 9.84 Å². The SMILES string of the molecule is COc1cccc(CN2CC[C@](O)(c3ccccc3)[C@H](N3CCCC3)C2)n1. The van der Waals surface area contributed by atoms with Crippen molar-refractivity contribution in [1.29, 1.82) is 0 Å². The molecule has 1 N–H and O–H groups in total. The van der Waals surface area contributed by atoms with Gasteiger partial charge in [-0.3, -0.25) is 9.80 Å². The summed E-state index contributed by atoms with van der Waals surface area (Å²) in [6, 6.07) is 16.2. The average Bonchev–Trinajstić information content (AvgIpc) is 3.25. The van der Waals surface area contributed by atoms with Gasteiger partial charge in [0.25, 0.3) is 0 Å². The Morgan fingerprint density at radius 2 is 1.85 bits per heavy atom. The quantitative estimate of drug-likeness (QED) is 0.880. The molecule has 0 bridgehead atoms. The number of ether oxygens (including phenoxy) is 1. The van der Waals surface area contributed by atoms with E-state index >= 15 is 0 Å². The maximum absolute atomic E-state index is 11.7. The Morgan fingerprint density at radius 1 is 1.07 bits per heavy atom. The summed E-state index contributed by atoms with van der Waals surface area (Å²) in [5, 5.41) is 11.7. The zero-order valence-electron chi connectivity index (χ0n) is 16.1. The molecule has 2 aliphatic rings. The first kappa shape index (κ1) is 18.4. The number of hydrogen-bond acceptors (Lipinski definition) is 5. The smallest absolute Gasteiger partial charge is 0.213 e. The molecule has 2 fully saturated rings. The fraction of sp³-hybridized carbons (Fsp3) is 0.500. The Morgan fingerprint density at radius 3 is 2.59 bits per heavy atom. The van der Waals surface area contributed by atoms with Crippen LogP contribution in [-0.4, -0.2) is 59.2 Å². The molecule has 5 heteroatoms. The molecular formula is C22H29N3O2. The molecule has 0 aliphatic carbocycles.